The Bertz CT molecular complexity index is 997. The number of aromatic nitrogens is 1. The first kappa shape index (κ1) is 19.6. The first-order valence-electron chi connectivity index (χ1n) is 9.60. The Hall–Kier alpha value is -3.68. The number of hydrogen-bond donors (Lipinski definition) is 1. The molecule has 1 aliphatic heterocycles. The van der Waals surface area contributed by atoms with Gasteiger partial charge in [0.05, 0.1) is 26.3 Å². The second kappa shape index (κ2) is 8.77. The second-order valence-corrected chi connectivity index (χ2v) is 6.77. The number of methoxy groups -OCH3 is 2. The predicted octanol–water partition coefficient (Wildman–Crippen LogP) is 3.40. The molecule has 30 heavy (non-hydrogen) atoms. The van der Waals surface area contributed by atoms with Crippen LogP contribution in [0.1, 0.15) is 11.3 Å². The molecule has 1 aromatic heterocycles. The molecule has 1 N–H and O–H groups in total. The van der Waals surface area contributed by atoms with Gasteiger partial charge in [0.25, 0.3) is 5.91 Å². The first-order chi connectivity index (χ1) is 14.7. The van der Waals surface area contributed by atoms with Gasteiger partial charge in [-0.2, -0.15) is 0 Å². The van der Waals surface area contributed by atoms with Crippen molar-refractivity contribution in [3.8, 4) is 17.2 Å². The van der Waals surface area contributed by atoms with E-state index in [4.69, 9.17) is 18.7 Å². The minimum atomic E-state index is -0.138. The molecule has 0 atom stereocenters. The molecule has 4 rings (SSSR count). The normalized spacial score (nSPS) is 12.8. The Morgan fingerprint density at radius 3 is 2.53 bits per heavy atom. The van der Waals surface area contributed by atoms with Crippen LogP contribution in [0.25, 0.3) is 0 Å². The topological polar surface area (TPSA) is 86.1 Å². The van der Waals surface area contributed by atoms with Gasteiger partial charge in [-0.1, -0.05) is 29.4 Å². The van der Waals surface area contributed by atoms with E-state index in [2.05, 4.69) is 10.5 Å². The molecule has 2 aromatic carbocycles. The van der Waals surface area contributed by atoms with Crippen LogP contribution in [0.15, 0.2) is 53.1 Å². The highest BCUT2D eigenvalue weighted by Gasteiger charge is 2.28. The van der Waals surface area contributed by atoms with Gasteiger partial charge >= 0.3 is 0 Å². The van der Waals surface area contributed by atoms with Crippen LogP contribution in [0.4, 0.5) is 11.5 Å². The molecule has 2 heterocycles. The quantitative estimate of drug-likeness (QED) is 0.640. The Morgan fingerprint density at radius 1 is 1.10 bits per heavy atom. The molecule has 0 saturated carbocycles. The Morgan fingerprint density at radius 2 is 1.83 bits per heavy atom. The van der Waals surface area contributed by atoms with E-state index in [-0.39, 0.29) is 12.5 Å². The molecule has 8 heteroatoms. The third-order valence-electron chi connectivity index (χ3n) is 4.94. The molecule has 1 amide bonds. The number of rotatable bonds is 7. The van der Waals surface area contributed by atoms with Gasteiger partial charge in [0.2, 0.25) is 5.75 Å². The number of fused-ring (bicyclic) bond motifs is 1. The van der Waals surface area contributed by atoms with Gasteiger partial charge in [0.15, 0.2) is 23.9 Å². The van der Waals surface area contributed by atoms with Gasteiger partial charge in [-0.3, -0.25) is 4.79 Å². The molecule has 156 valence electrons. The second-order valence-electron chi connectivity index (χ2n) is 6.77. The van der Waals surface area contributed by atoms with Crippen molar-refractivity contribution in [2.75, 3.05) is 32.7 Å². The minimum absolute atomic E-state index is 0.126. The average Bonchev–Trinajstić information content (AvgIpc) is 3.19. The highest BCUT2D eigenvalue weighted by atomic mass is 16.5. The molecule has 0 spiro atoms. The molecule has 1 aliphatic rings. The number of benzene rings is 2. The highest BCUT2D eigenvalue weighted by molar-refractivity contribution is 5.78. The van der Waals surface area contributed by atoms with E-state index < -0.39 is 0 Å². The van der Waals surface area contributed by atoms with Crippen molar-refractivity contribution in [2.24, 2.45) is 0 Å². The summed E-state index contributed by atoms with van der Waals surface area (Å²) in [6.45, 7) is 0.816. The van der Waals surface area contributed by atoms with Crippen molar-refractivity contribution in [3.05, 3.63) is 59.9 Å². The number of nitrogens with one attached hydrogen (secondary N) is 1. The fourth-order valence-corrected chi connectivity index (χ4v) is 3.36. The summed E-state index contributed by atoms with van der Waals surface area (Å²) in [4.78, 5) is 14.6. The number of carbonyl (C=O) groups excluding carboxylic acids is 1. The molecule has 0 fully saturated rings. The van der Waals surface area contributed by atoms with Gasteiger partial charge < -0.3 is 29.0 Å². The lowest BCUT2D eigenvalue weighted by molar-refractivity contribution is -0.134. The third kappa shape index (κ3) is 4.03. The van der Waals surface area contributed by atoms with Crippen LogP contribution in [-0.4, -0.2) is 43.3 Å². The zero-order chi connectivity index (χ0) is 20.9. The van der Waals surface area contributed by atoms with E-state index in [0.717, 1.165) is 17.0 Å². The van der Waals surface area contributed by atoms with Gasteiger partial charge in [-0.05, 0) is 24.3 Å². The first-order valence-corrected chi connectivity index (χ1v) is 9.60. The van der Waals surface area contributed by atoms with Crippen LogP contribution < -0.4 is 19.5 Å². The number of ether oxygens (including phenoxy) is 3. The monoisotopic (exact) mass is 409 g/mol. The maximum atomic E-state index is 12.8. The zero-order valence-corrected chi connectivity index (χ0v) is 16.9. The summed E-state index contributed by atoms with van der Waals surface area (Å²) in [5.41, 5.74) is 1.79. The van der Waals surface area contributed by atoms with Crippen LogP contribution >= 0.6 is 0 Å². The number of amides is 1. The number of anilines is 2. The smallest absolute Gasteiger partial charge is 0.260 e. The maximum Gasteiger partial charge on any atom is 0.260 e. The molecular weight excluding hydrogens is 386 g/mol. The number of carbonyl (C=O) groups is 1. The summed E-state index contributed by atoms with van der Waals surface area (Å²) in [5.74, 6) is 2.71. The van der Waals surface area contributed by atoms with Gasteiger partial charge in [0.1, 0.15) is 5.76 Å². The lowest BCUT2D eigenvalue weighted by Gasteiger charge is -2.26. The van der Waals surface area contributed by atoms with Gasteiger partial charge in [-0.25, -0.2) is 0 Å². The molecule has 3 aromatic rings. The summed E-state index contributed by atoms with van der Waals surface area (Å²) >= 11 is 0. The van der Waals surface area contributed by atoms with Crippen molar-refractivity contribution >= 4 is 17.4 Å². The largest absolute Gasteiger partial charge is 0.493 e. The molecule has 0 bridgehead atoms. The maximum absolute atomic E-state index is 12.8. The van der Waals surface area contributed by atoms with Crippen LogP contribution in [0.2, 0.25) is 0 Å². The van der Waals surface area contributed by atoms with Crippen molar-refractivity contribution in [1.82, 2.24) is 10.1 Å². The minimum Gasteiger partial charge on any atom is -0.493 e. The molecule has 0 unspecified atom stereocenters. The lowest BCUT2D eigenvalue weighted by Crippen LogP contribution is -2.38. The molecular formula is C22H23N3O5. The predicted molar refractivity (Wildman–Crippen MR) is 110 cm³/mol. The number of hydrogen-bond acceptors (Lipinski definition) is 7. The van der Waals surface area contributed by atoms with E-state index in [0.29, 0.717) is 42.6 Å². The Balaban J connectivity index is 1.44. The fourth-order valence-electron chi connectivity index (χ4n) is 3.36. The Labute approximate surface area is 174 Å². The van der Waals surface area contributed by atoms with Crippen LogP contribution in [0.3, 0.4) is 0 Å². The third-order valence-corrected chi connectivity index (χ3v) is 4.94. The summed E-state index contributed by atoms with van der Waals surface area (Å²) < 4.78 is 21.9. The molecule has 0 saturated heterocycles. The van der Waals surface area contributed by atoms with Gasteiger partial charge in [-0.15, -0.1) is 0 Å². The van der Waals surface area contributed by atoms with Crippen LogP contribution in [0, 0.1) is 0 Å². The number of para-hydroxylation sites is 2. The standard InChI is InChI=1S/C22H23N3O5/c1-27-18-9-6-10-19(28-2)21(18)29-14-20(26)25-12-11-17-16(13-25)22(24-30-17)23-15-7-4-3-5-8-15/h3-10H,11-14H2,1-2H3,(H,23,24). The van der Waals surface area contributed by atoms with Crippen molar-refractivity contribution in [3.63, 3.8) is 0 Å². The Kier molecular flexibility index (Phi) is 5.74. The van der Waals surface area contributed by atoms with E-state index in [1.807, 2.05) is 30.3 Å². The highest BCUT2D eigenvalue weighted by Crippen LogP contribution is 2.37. The lowest BCUT2D eigenvalue weighted by atomic mass is 10.1. The zero-order valence-electron chi connectivity index (χ0n) is 16.9. The van der Waals surface area contributed by atoms with Crippen LogP contribution in [-0.2, 0) is 17.8 Å². The molecule has 0 aliphatic carbocycles. The summed E-state index contributed by atoms with van der Waals surface area (Å²) in [6.07, 6.45) is 0.600. The fraction of sp³-hybridized carbons (Fsp3) is 0.273. The van der Waals surface area contributed by atoms with E-state index in [9.17, 15) is 4.79 Å². The van der Waals surface area contributed by atoms with Crippen LogP contribution in [0.5, 0.6) is 17.2 Å². The summed E-state index contributed by atoms with van der Waals surface area (Å²) in [7, 11) is 3.09. The average molecular weight is 409 g/mol. The number of nitrogens with zero attached hydrogens (tertiary/aromatic N) is 2. The molecule has 8 nitrogen and oxygen atoms in total. The van der Waals surface area contributed by atoms with Crippen molar-refractivity contribution < 1.29 is 23.5 Å². The SMILES string of the molecule is COc1cccc(OC)c1OCC(=O)N1CCc2onc(Nc3ccccc3)c2C1. The van der Waals surface area contributed by atoms with E-state index in [1.165, 1.54) is 0 Å². The van der Waals surface area contributed by atoms with E-state index >= 15 is 0 Å². The van der Waals surface area contributed by atoms with Crippen molar-refractivity contribution in [2.45, 2.75) is 13.0 Å². The van der Waals surface area contributed by atoms with Crippen molar-refractivity contribution in [1.29, 1.82) is 0 Å². The van der Waals surface area contributed by atoms with E-state index in [1.54, 1.807) is 37.3 Å². The molecule has 0 radical (unpaired) electrons. The summed E-state index contributed by atoms with van der Waals surface area (Å²) in [5, 5.41) is 7.39. The summed E-state index contributed by atoms with van der Waals surface area (Å²) in [6, 6.07) is 15.0. The van der Waals surface area contributed by atoms with Gasteiger partial charge in [0, 0.05) is 18.7 Å².